The van der Waals surface area contributed by atoms with E-state index in [1.54, 1.807) is 0 Å². The third-order valence-electron chi connectivity index (χ3n) is 4.14. The van der Waals surface area contributed by atoms with E-state index >= 15 is 0 Å². The van der Waals surface area contributed by atoms with Crippen molar-refractivity contribution >= 4 is 23.2 Å². The number of nitrogens with zero attached hydrogens (tertiary/aromatic N) is 2. The zero-order valence-corrected chi connectivity index (χ0v) is 15.0. The van der Waals surface area contributed by atoms with Gasteiger partial charge in [-0.05, 0) is 37.5 Å². The normalized spacial score (nSPS) is 10.7. The van der Waals surface area contributed by atoms with Crippen LogP contribution in [0.3, 0.4) is 0 Å². The van der Waals surface area contributed by atoms with Gasteiger partial charge in [-0.15, -0.1) is 0 Å². The van der Waals surface area contributed by atoms with Crippen molar-refractivity contribution in [1.82, 2.24) is 5.16 Å². The van der Waals surface area contributed by atoms with E-state index in [4.69, 9.17) is 27.7 Å². The molecule has 0 amide bonds. The molecule has 1 heterocycles. The number of halogens is 2. The highest BCUT2D eigenvalue weighted by molar-refractivity contribution is 6.37. The fourth-order valence-corrected chi connectivity index (χ4v) is 3.29. The molecule has 120 valence electrons. The van der Waals surface area contributed by atoms with Gasteiger partial charge in [0.15, 0.2) is 5.76 Å². The fraction of sp³-hybridized carbons (Fsp3) is 0.158. The van der Waals surface area contributed by atoms with Crippen LogP contribution in [0.2, 0.25) is 10.0 Å². The maximum Gasteiger partial charge on any atom is 0.185 e. The zero-order valence-electron chi connectivity index (χ0n) is 13.4. The van der Waals surface area contributed by atoms with Crippen molar-refractivity contribution in [3.05, 3.63) is 62.6 Å². The molecule has 3 nitrogen and oxygen atoms in total. The molecule has 0 fully saturated rings. The summed E-state index contributed by atoms with van der Waals surface area (Å²) in [6, 6.07) is 11.6. The molecular weight excluding hydrogens is 343 g/mol. The molecule has 0 unspecified atom stereocenters. The number of hydrogen-bond donors (Lipinski definition) is 0. The molecule has 0 N–H and O–H groups in total. The molecule has 0 radical (unpaired) electrons. The quantitative estimate of drug-likeness (QED) is 0.556. The SMILES string of the molecule is Cc1c(Cl)c(C)c(-c2noc(-c3ccccc3)c2C#N)c(C)c1Cl. The minimum atomic E-state index is 0.378. The van der Waals surface area contributed by atoms with Gasteiger partial charge in [-0.2, -0.15) is 5.26 Å². The largest absolute Gasteiger partial charge is 0.354 e. The minimum Gasteiger partial charge on any atom is -0.354 e. The first-order valence-corrected chi connectivity index (χ1v) is 8.13. The Hall–Kier alpha value is -2.28. The van der Waals surface area contributed by atoms with E-state index in [1.165, 1.54) is 0 Å². The molecule has 0 aliphatic carbocycles. The molecule has 0 bridgehead atoms. The summed E-state index contributed by atoms with van der Waals surface area (Å²) < 4.78 is 5.49. The molecule has 3 rings (SSSR count). The first-order valence-electron chi connectivity index (χ1n) is 7.37. The van der Waals surface area contributed by atoms with Gasteiger partial charge in [-0.3, -0.25) is 0 Å². The van der Waals surface area contributed by atoms with Gasteiger partial charge in [0.1, 0.15) is 17.3 Å². The Morgan fingerprint density at radius 2 is 1.54 bits per heavy atom. The summed E-state index contributed by atoms with van der Waals surface area (Å²) in [5.74, 6) is 0.444. The second-order valence-corrected chi connectivity index (χ2v) is 6.35. The molecule has 2 aromatic carbocycles. The van der Waals surface area contributed by atoms with Crippen molar-refractivity contribution < 1.29 is 4.52 Å². The highest BCUT2D eigenvalue weighted by Gasteiger charge is 2.24. The molecule has 5 heteroatoms. The van der Waals surface area contributed by atoms with Gasteiger partial charge in [0, 0.05) is 21.2 Å². The highest BCUT2D eigenvalue weighted by Crippen LogP contribution is 2.41. The Kier molecular flexibility index (Phi) is 4.36. The summed E-state index contributed by atoms with van der Waals surface area (Å²) in [4.78, 5) is 0. The van der Waals surface area contributed by atoms with Crippen LogP contribution >= 0.6 is 23.2 Å². The van der Waals surface area contributed by atoms with Gasteiger partial charge < -0.3 is 4.52 Å². The lowest BCUT2D eigenvalue weighted by Crippen LogP contribution is -1.96. The number of rotatable bonds is 2. The number of nitriles is 1. The Bertz CT molecular complexity index is 940. The smallest absolute Gasteiger partial charge is 0.185 e. The Balaban J connectivity index is 2.31. The Morgan fingerprint density at radius 3 is 2.08 bits per heavy atom. The van der Waals surface area contributed by atoms with E-state index in [-0.39, 0.29) is 0 Å². The second kappa shape index (κ2) is 6.32. The molecule has 3 aromatic rings. The van der Waals surface area contributed by atoms with Crippen molar-refractivity contribution in [3.63, 3.8) is 0 Å². The summed E-state index contributed by atoms with van der Waals surface area (Å²) in [5.41, 5.74) is 4.88. The van der Waals surface area contributed by atoms with Crippen molar-refractivity contribution in [1.29, 1.82) is 5.26 Å². The topological polar surface area (TPSA) is 49.8 Å². The summed E-state index contributed by atoms with van der Waals surface area (Å²) in [7, 11) is 0. The van der Waals surface area contributed by atoms with Gasteiger partial charge >= 0.3 is 0 Å². The average molecular weight is 357 g/mol. The molecule has 0 aliphatic rings. The van der Waals surface area contributed by atoms with Crippen LogP contribution in [0.5, 0.6) is 0 Å². The molecule has 0 saturated carbocycles. The van der Waals surface area contributed by atoms with Crippen molar-refractivity contribution in [2.75, 3.05) is 0 Å². The standard InChI is InChI=1S/C19H14Cl2N2O/c1-10-15(11(2)17(21)12(3)16(10)20)18-14(9-22)19(24-23-18)13-7-5-4-6-8-13/h4-8H,1-3H3. The third-order valence-corrected chi connectivity index (χ3v) is 5.28. The Morgan fingerprint density at radius 1 is 0.958 bits per heavy atom. The van der Waals surface area contributed by atoms with Crippen LogP contribution < -0.4 is 0 Å². The summed E-state index contributed by atoms with van der Waals surface area (Å²) in [6.07, 6.45) is 0. The fourth-order valence-electron chi connectivity index (χ4n) is 2.87. The number of aromatic nitrogens is 1. The predicted octanol–water partition coefficient (Wildman–Crippen LogP) is 6.11. The molecule has 0 aliphatic heterocycles. The van der Waals surface area contributed by atoms with Crippen molar-refractivity contribution in [2.24, 2.45) is 0 Å². The van der Waals surface area contributed by atoms with Crippen LogP contribution in [0.15, 0.2) is 34.9 Å². The predicted molar refractivity (Wildman–Crippen MR) is 96.3 cm³/mol. The number of hydrogen-bond acceptors (Lipinski definition) is 3. The van der Waals surface area contributed by atoms with E-state index in [1.807, 2.05) is 51.1 Å². The monoisotopic (exact) mass is 356 g/mol. The van der Waals surface area contributed by atoms with Crippen LogP contribution in [-0.2, 0) is 0 Å². The summed E-state index contributed by atoms with van der Waals surface area (Å²) in [5, 5.41) is 15.0. The van der Waals surface area contributed by atoms with Crippen LogP contribution in [0.25, 0.3) is 22.6 Å². The minimum absolute atomic E-state index is 0.378. The molecule has 0 saturated heterocycles. The van der Waals surface area contributed by atoms with Crippen molar-refractivity contribution in [3.8, 4) is 28.7 Å². The van der Waals surface area contributed by atoms with Crippen molar-refractivity contribution in [2.45, 2.75) is 20.8 Å². The van der Waals surface area contributed by atoms with Gasteiger partial charge in [0.05, 0.1) is 0 Å². The first kappa shape index (κ1) is 16.6. The number of benzene rings is 2. The van der Waals surface area contributed by atoms with Crippen LogP contribution in [-0.4, -0.2) is 5.16 Å². The van der Waals surface area contributed by atoms with Crippen LogP contribution in [0.4, 0.5) is 0 Å². The molecule has 1 aromatic heterocycles. The molecule has 24 heavy (non-hydrogen) atoms. The van der Waals surface area contributed by atoms with E-state index in [9.17, 15) is 5.26 Å². The van der Waals surface area contributed by atoms with E-state index in [0.29, 0.717) is 27.1 Å². The van der Waals surface area contributed by atoms with E-state index in [0.717, 1.165) is 27.8 Å². The first-order chi connectivity index (χ1) is 11.5. The maximum atomic E-state index is 9.67. The van der Waals surface area contributed by atoms with Gasteiger partial charge in [0.25, 0.3) is 0 Å². The lowest BCUT2D eigenvalue weighted by molar-refractivity contribution is 0.434. The zero-order chi connectivity index (χ0) is 17.4. The third kappa shape index (κ3) is 2.49. The second-order valence-electron chi connectivity index (χ2n) is 5.59. The van der Waals surface area contributed by atoms with Crippen LogP contribution in [0, 0.1) is 32.1 Å². The average Bonchev–Trinajstić information content (AvgIpc) is 3.03. The summed E-state index contributed by atoms with van der Waals surface area (Å²) >= 11 is 12.8. The van der Waals surface area contributed by atoms with Gasteiger partial charge in [0.2, 0.25) is 0 Å². The van der Waals surface area contributed by atoms with E-state index in [2.05, 4.69) is 11.2 Å². The van der Waals surface area contributed by atoms with E-state index < -0.39 is 0 Å². The maximum absolute atomic E-state index is 9.67. The lowest BCUT2D eigenvalue weighted by Gasteiger charge is -2.14. The molecule has 0 atom stereocenters. The van der Waals surface area contributed by atoms with Crippen LogP contribution in [0.1, 0.15) is 22.3 Å². The highest BCUT2D eigenvalue weighted by atomic mass is 35.5. The van der Waals surface area contributed by atoms with Gasteiger partial charge in [-0.1, -0.05) is 58.7 Å². The lowest BCUT2D eigenvalue weighted by atomic mass is 9.94. The van der Waals surface area contributed by atoms with Gasteiger partial charge in [-0.25, -0.2) is 0 Å². The molecular formula is C19H14Cl2N2O. The summed E-state index contributed by atoms with van der Waals surface area (Å²) in [6.45, 7) is 5.66. The Labute approximate surface area is 150 Å². The molecule has 0 spiro atoms.